The Balaban J connectivity index is 1.42. The fourth-order valence-corrected chi connectivity index (χ4v) is 5.10. The van der Waals surface area contributed by atoms with E-state index in [1.807, 2.05) is 18.3 Å². The number of hydrogen-bond acceptors (Lipinski definition) is 5. The zero-order valence-corrected chi connectivity index (χ0v) is 17.8. The molecule has 1 saturated heterocycles. The number of hydrogen-bond donors (Lipinski definition) is 2. The third-order valence-electron chi connectivity index (χ3n) is 5.84. The van der Waals surface area contributed by atoms with Crippen molar-refractivity contribution >= 4 is 29.4 Å². The highest BCUT2D eigenvalue weighted by atomic mass is 32.2. The molecule has 30 heavy (non-hydrogen) atoms. The predicted octanol–water partition coefficient (Wildman–Crippen LogP) is 5.17. The molecule has 1 atom stereocenters. The molecule has 4 nitrogen and oxygen atoms in total. The molecule has 6 heteroatoms. The SMILES string of the molecule is CC1=Cc2c(c3ccccnc-3c2N2CCN[C@@H](CCc3cccc(F)c3)C2)NS1. The zero-order chi connectivity index (χ0) is 20.5. The van der Waals surface area contributed by atoms with E-state index >= 15 is 0 Å². The maximum Gasteiger partial charge on any atom is 0.123 e. The van der Waals surface area contributed by atoms with Gasteiger partial charge in [0, 0.05) is 47.9 Å². The van der Waals surface area contributed by atoms with Crippen molar-refractivity contribution in [2.24, 2.45) is 0 Å². The molecule has 0 amide bonds. The van der Waals surface area contributed by atoms with Gasteiger partial charge in [0.05, 0.1) is 17.1 Å². The average molecular weight is 421 g/mol. The second-order valence-corrected chi connectivity index (χ2v) is 9.01. The van der Waals surface area contributed by atoms with Crippen molar-refractivity contribution in [1.82, 2.24) is 10.3 Å². The topological polar surface area (TPSA) is 40.2 Å². The minimum atomic E-state index is -0.160. The Kier molecular flexibility index (Phi) is 5.35. The molecule has 2 N–H and O–H groups in total. The van der Waals surface area contributed by atoms with E-state index in [1.54, 1.807) is 24.1 Å². The number of fused-ring (bicyclic) bond motifs is 3. The van der Waals surface area contributed by atoms with Gasteiger partial charge in [-0.25, -0.2) is 4.39 Å². The monoisotopic (exact) mass is 420 g/mol. The molecular formula is C24H25FN4S. The molecule has 0 spiro atoms. The third-order valence-corrected chi connectivity index (χ3v) is 6.59. The number of aryl methyl sites for hydroxylation is 1. The Morgan fingerprint density at radius 3 is 3.07 bits per heavy atom. The lowest BCUT2D eigenvalue weighted by Gasteiger charge is -2.36. The van der Waals surface area contributed by atoms with E-state index in [1.165, 1.54) is 22.2 Å². The lowest BCUT2D eigenvalue weighted by molar-refractivity contribution is 0.434. The number of allylic oxidation sites excluding steroid dienone is 1. The van der Waals surface area contributed by atoms with Crippen molar-refractivity contribution in [3.8, 4) is 11.3 Å². The van der Waals surface area contributed by atoms with Gasteiger partial charge in [-0.15, -0.1) is 0 Å². The van der Waals surface area contributed by atoms with E-state index < -0.39 is 0 Å². The van der Waals surface area contributed by atoms with Crippen LogP contribution < -0.4 is 14.9 Å². The summed E-state index contributed by atoms with van der Waals surface area (Å²) in [5.41, 5.74) is 6.89. The summed E-state index contributed by atoms with van der Waals surface area (Å²) in [5.74, 6) is -0.160. The maximum atomic E-state index is 13.5. The molecule has 3 heterocycles. The van der Waals surface area contributed by atoms with E-state index in [9.17, 15) is 4.39 Å². The molecule has 5 rings (SSSR count). The fourth-order valence-electron chi connectivity index (χ4n) is 4.44. The van der Waals surface area contributed by atoms with Crippen LogP contribution in [0.3, 0.4) is 0 Å². The van der Waals surface area contributed by atoms with E-state index in [2.05, 4.69) is 40.1 Å². The molecule has 0 radical (unpaired) electrons. The number of benzene rings is 1. The lowest BCUT2D eigenvalue weighted by Crippen LogP contribution is -2.51. The molecule has 4 aliphatic rings. The standard InChI is InChI=1S/C24H25FN4S/c1-16-13-21-22(28-30-16)20-7-2-3-10-27-23(20)24(21)29-12-11-26-19(15-29)9-8-17-5-4-6-18(25)14-17/h2-7,10,13-14,19,26,28H,8-9,11-12,15H2,1H3/t19-/m0/s1. The fraction of sp³-hybridized carbons (Fsp3) is 0.292. The second-order valence-electron chi connectivity index (χ2n) is 7.95. The summed E-state index contributed by atoms with van der Waals surface area (Å²) in [6.45, 7) is 4.93. The maximum absolute atomic E-state index is 13.5. The summed E-state index contributed by atoms with van der Waals surface area (Å²) in [5, 5.41) is 3.65. The number of nitrogens with zero attached hydrogens (tertiary/aromatic N) is 2. The van der Waals surface area contributed by atoms with Gasteiger partial charge in [-0.3, -0.25) is 4.98 Å². The molecule has 0 saturated carbocycles. The van der Waals surface area contributed by atoms with Crippen molar-refractivity contribution in [2.75, 3.05) is 29.3 Å². The number of halogens is 1. The van der Waals surface area contributed by atoms with Crippen molar-refractivity contribution in [3.05, 3.63) is 70.5 Å². The number of piperazine rings is 1. The molecular weight excluding hydrogens is 395 g/mol. The van der Waals surface area contributed by atoms with Crippen LogP contribution in [0.15, 0.2) is 53.6 Å². The summed E-state index contributed by atoms with van der Waals surface area (Å²) >= 11 is 1.66. The van der Waals surface area contributed by atoms with Gasteiger partial charge in [0.2, 0.25) is 0 Å². The third kappa shape index (κ3) is 3.77. The Labute approximate surface area is 181 Å². The van der Waals surface area contributed by atoms with Gasteiger partial charge in [0.15, 0.2) is 0 Å². The quantitative estimate of drug-likeness (QED) is 0.570. The number of nitrogens with one attached hydrogen (secondary N) is 2. The molecule has 154 valence electrons. The van der Waals surface area contributed by atoms with Gasteiger partial charge in [-0.1, -0.05) is 24.3 Å². The van der Waals surface area contributed by atoms with Crippen LogP contribution in [0.2, 0.25) is 0 Å². The van der Waals surface area contributed by atoms with E-state index in [-0.39, 0.29) is 5.82 Å². The first kappa shape index (κ1) is 19.4. The normalized spacial score (nSPS) is 18.7. The first-order chi connectivity index (χ1) is 14.7. The summed E-state index contributed by atoms with van der Waals surface area (Å²) in [6.07, 6.45) is 6.00. The number of aromatic nitrogens is 1. The number of rotatable bonds is 4. The molecule has 1 fully saturated rings. The average Bonchev–Trinajstić information content (AvgIpc) is 2.88. The van der Waals surface area contributed by atoms with Crippen LogP contribution in [-0.2, 0) is 6.42 Å². The zero-order valence-electron chi connectivity index (χ0n) is 17.0. The van der Waals surface area contributed by atoms with E-state index in [4.69, 9.17) is 4.98 Å². The smallest absolute Gasteiger partial charge is 0.123 e. The van der Waals surface area contributed by atoms with Crippen molar-refractivity contribution in [2.45, 2.75) is 25.8 Å². The molecule has 1 aromatic rings. The van der Waals surface area contributed by atoms with E-state index in [0.29, 0.717) is 6.04 Å². The Morgan fingerprint density at radius 1 is 1.23 bits per heavy atom. The summed E-state index contributed by atoms with van der Waals surface area (Å²) in [6, 6.07) is 13.5. The van der Waals surface area contributed by atoms with Gasteiger partial charge in [-0.2, -0.15) is 0 Å². The molecule has 0 aromatic heterocycles. The van der Waals surface area contributed by atoms with Crippen LogP contribution in [0.4, 0.5) is 15.8 Å². The molecule has 1 aliphatic carbocycles. The van der Waals surface area contributed by atoms with Crippen LogP contribution in [0.1, 0.15) is 24.5 Å². The van der Waals surface area contributed by atoms with Crippen LogP contribution in [0, 0.1) is 5.82 Å². The van der Waals surface area contributed by atoms with Gasteiger partial charge in [-0.05, 0) is 61.6 Å². The predicted molar refractivity (Wildman–Crippen MR) is 124 cm³/mol. The Morgan fingerprint density at radius 2 is 2.17 bits per heavy atom. The van der Waals surface area contributed by atoms with Gasteiger partial charge >= 0.3 is 0 Å². The lowest BCUT2D eigenvalue weighted by atomic mass is 10.0. The summed E-state index contributed by atoms with van der Waals surface area (Å²) < 4.78 is 17.0. The van der Waals surface area contributed by atoms with Crippen LogP contribution in [0.25, 0.3) is 17.3 Å². The van der Waals surface area contributed by atoms with E-state index in [0.717, 1.165) is 55.0 Å². The highest BCUT2D eigenvalue weighted by Crippen LogP contribution is 2.50. The van der Waals surface area contributed by atoms with Crippen molar-refractivity contribution in [3.63, 3.8) is 0 Å². The van der Waals surface area contributed by atoms with Crippen molar-refractivity contribution in [1.29, 1.82) is 0 Å². The summed E-state index contributed by atoms with van der Waals surface area (Å²) in [4.78, 5) is 8.52. The number of anilines is 2. The highest BCUT2D eigenvalue weighted by molar-refractivity contribution is 8.04. The largest absolute Gasteiger partial charge is 0.366 e. The molecule has 0 bridgehead atoms. The van der Waals surface area contributed by atoms with Crippen LogP contribution in [-0.4, -0.2) is 30.7 Å². The van der Waals surface area contributed by atoms with Gasteiger partial charge < -0.3 is 14.9 Å². The minimum absolute atomic E-state index is 0.160. The first-order valence-electron chi connectivity index (χ1n) is 10.4. The Hall–Kier alpha value is -2.57. The minimum Gasteiger partial charge on any atom is -0.366 e. The molecule has 0 unspecified atom stereocenters. The van der Waals surface area contributed by atoms with Crippen LogP contribution >= 0.6 is 11.9 Å². The summed E-state index contributed by atoms with van der Waals surface area (Å²) in [7, 11) is 0. The van der Waals surface area contributed by atoms with Crippen molar-refractivity contribution < 1.29 is 4.39 Å². The highest BCUT2D eigenvalue weighted by Gasteiger charge is 2.31. The molecule has 1 aromatic carbocycles. The molecule has 3 aliphatic heterocycles. The van der Waals surface area contributed by atoms with Gasteiger partial charge in [0.1, 0.15) is 5.82 Å². The van der Waals surface area contributed by atoms with Gasteiger partial charge in [0.25, 0.3) is 0 Å². The van der Waals surface area contributed by atoms with Crippen LogP contribution in [0.5, 0.6) is 0 Å². The second kappa shape index (κ2) is 8.28. The first-order valence-corrected chi connectivity index (χ1v) is 11.3. The Bertz CT molecular complexity index is 1070.